The van der Waals surface area contributed by atoms with Crippen LogP contribution in [0.2, 0.25) is 0 Å². The first-order valence-corrected chi connectivity index (χ1v) is 7.10. The van der Waals surface area contributed by atoms with Crippen LogP contribution in [0.5, 0.6) is 5.75 Å². The van der Waals surface area contributed by atoms with E-state index < -0.39 is 5.54 Å². The number of para-hydroxylation sites is 1. The normalized spacial score (nSPS) is 21.1. The van der Waals surface area contributed by atoms with Gasteiger partial charge in [-0.2, -0.15) is 0 Å². The molecular weight excluding hydrogens is 240 g/mol. The van der Waals surface area contributed by atoms with Crippen molar-refractivity contribution in [3.63, 3.8) is 0 Å². The number of hydrogen-bond donors (Lipinski definition) is 2. The summed E-state index contributed by atoms with van der Waals surface area (Å²) in [5.74, 6) is 0.344. The Morgan fingerprint density at radius 1 is 1.32 bits per heavy atom. The van der Waals surface area contributed by atoms with Crippen molar-refractivity contribution in [2.45, 2.75) is 44.6 Å². The standard InChI is InChI=1S/C15H20N2O2/c1-2-17-13-11(7-6-8-12(13)18)16-14(19)15(17)9-4-3-5-10-15/h6-8,18H,2-5,9-10H2,1H3,(H,16,19). The molecule has 4 nitrogen and oxygen atoms in total. The minimum Gasteiger partial charge on any atom is -0.506 e. The van der Waals surface area contributed by atoms with E-state index in [2.05, 4.69) is 10.2 Å². The van der Waals surface area contributed by atoms with E-state index in [1.54, 1.807) is 12.1 Å². The zero-order valence-electron chi connectivity index (χ0n) is 11.3. The minimum atomic E-state index is -0.459. The summed E-state index contributed by atoms with van der Waals surface area (Å²) < 4.78 is 0. The number of amides is 1. The summed E-state index contributed by atoms with van der Waals surface area (Å²) in [5.41, 5.74) is 1.05. The Labute approximate surface area is 113 Å². The van der Waals surface area contributed by atoms with Gasteiger partial charge in [0, 0.05) is 6.54 Å². The molecule has 1 aromatic carbocycles. The number of nitrogens with one attached hydrogen (secondary N) is 1. The van der Waals surface area contributed by atoms with E-state index >= 15 is 0 Å². The first kappa shape index (κ1) is 12.3. The van der Waals surface area contributed by atoms with Crippen LogP contribution >= 0.6 is 0 Å². The minimum absolute atomic E-state index is 0.0900. The van der Waals surface area contributed by atoms with Crippen molar-refractivity contribution in [1.29, 1.82) is 0 Å². The maximum Gasteiger partial charge on any atom is 0.250 e. The Balaban J connectivity index is 2.13. The first-order valence-electron chi connectivity index (χ1n) is 7.10. The summed E-state index contributed by atoms with van der Waals surface area (Å²) in [7, 11) is 0. The largest absolute Gasteiger partial charge is 0.506 e. The van der Waals surface area contributed by atoms with Crippen molar-refractivity contribution in [3.8, 4) is 5.75 Å². The lowest BCUT2D eigenvalue weighted by atomic mass is 9.77. The molecule has 3 rings (SSSR count). The molecule has 0 aromatic heterocycles. The third-order valence-electron chi connectivity index (χ3n) is 4.47. The highest BCUT2D eigenvalue weighted by molar-refractivity contribution is 6.07. The number of likely N-dealkylation sites (N-methyl/N-ethyl adjacent to an activating group) is 1. The topological polar surface area (TPSA) is 52.6 Å². The van der Waals surface area contributed by atoms with Gasteiger partial charge in [0.15, 0.2) is 0 Å². The van der Waals surface area contributed by atoms with Crippen molar-refractivity contribution in [2.75, 3.05) is 16.8 Å². The number of fused-ring (bicyclic) bond motifs is 1. The summed E-state index contributed by atoms with van der Waals surface area (Å²) in [4.78, 5) is 14.7. The zero-order chi connectivity index (χ0) is 13.5. The molecule has 2 aliphatic rings. The van der Waals surface area contributed by atoms with Gasteiger partial charge in [-0.25, -0.2) is 0 Å². The third-order valence-corrected chi connectivity index (χ3v) is 4.47. The number of rotatable bonds is 1. The molecule has 1 spiro atoms. The highest BCUT2D eigenvalue weighted by Crippen LogP contribution is 2.47. The van der Waals surface area contributed by atoms with E-state index in [0.29, 0.717) is 0 Å². The molecule has 102 valence electrons. The van der Waals surface area contributed by atoms with Crippen molar-refractivity contribution in [3.05, 3.63) is 18.2 Å². The van der Waals surface area contributed by atoms with Crippen LogP contribution in [0.3, 0.4) is 0 Å². The van der Waals surface area contributed by atoms with Gasteiger partial charge in [0.05, 0.1) is 5.69 Å². The molecule has 4 heteroatoms. The molecule has 1 aliphatic carbocycles. The molecule has 1 amide bonds. The summed E-state index contributed by atoms with van der Waals surface area (Å²) in [6, 6.07) is 5.31. The van der Waals surface area contributed by atoms with Crippen LogP contribution in [0.4, 0.5) is 11.4 Å². The lowest BCUT2D eigenvalue weighted by Crippen LogP contribution is -2.60. The molecule has 0 bridgehead atoms. The Morgan fingerprint density at radius 3 is 2.74 bits per heavy atom. The molecule has 1 aromatic rings. The van der Waals surface area contributed by atoms with Crippen LogP contribution in [-0.4, -0.2) is 23.1 Å². The van der Waals surface area contributed by atoms with Crippen LogP contribution in [0.25, 0.3) is 0 Å². The molecule has 0 radical (unpaired) electrons. The Bertz CT molecular complexity index is 507. The quantitative estimate of drug-likeness (QED) is 0.816. The molecule has 1 fully saturated rings. The van der Waals surface area contributed by atoms with Gasteiger partial charge >= 0.3 is 0 Å². The van der Waals surface area contributed by atoms with Gasteiger partial charge in [-0.3, -0.25) is 4.79 Å². The van der Waals surface area contributed by atoms with Gasteiger partial charge < -0.3 is 15.3 Å². The fourth-order valence-electron chi connectivity index (χ4n) is 3.59. The number of phenols is 1. The van der Waals surface area contributed by atoms with E-state index in [1.165, 1.54) is 6.42 Å². The average molecular weight is 260 g/mol. The average Bonchev–Trinajstić information content (AvgIpc) is 2.42. The second kappa shape index (κ2) is 4.44. The number of benzene rings is 1. The van der Waals surface area contributed by atoms with Crippen LogP contribution in [0, 0.1) is 0 Å². The SMILES string of the molecule is CCN1c2c(O)cccc2NC(=O)C12CCCCC2. The monoisotopic (exact) mass is 260 g/mol. The molecule has 1 aliphatic heterocycles. The van der Waals surface area contributed by atoms with Gasteiger partial charge in [0.25, 0.3) is 0 Å². The number of aromatic hydroxyl groups is 1. The Hall–Kier alpha value is -1.71. The van der Waals surface area contributed by atoms with Crippen LogP contribution in [0.1, 0.15) is 39.0 Å². The summed E-state index contributed by atoms with van der Waals surface area (Å²) in [6.07, 6.45) is 5.10. The van der Waals surface area contributed by atoms with Crippen LogP contribution in [-0.2, 0) is 4.79 Å². The third kappa shape index (κ3) is 1.70. The lowest BCUT2D eigenvalue weighted by Gasteiger charge is -2.49. The predicted molar refractivity (Wildman–Crippen MR) is 75.6 cm³/mol. The molecule has 0 saturated heterocycles. The second-order valence-corrected chi connectivity index (χ2v) is 5.46. The summed E-state index contributed by atoms with van der Waals surface area (Å²) >= 11 is 0. The maximum absolute atomic E-state index is 12.6. The van der Waals surface area contributed by atoms with E-state index in [9.17, 15) is 9.90 Å². The Kier molecular flexibility index (Phi) is 2.88. The number of carbonyl (C=O) groups excluding carboxylic acids is 1. The second-order valence-electron chi connectivity index (χ2n) is 5.46. The molecule has 1 saturated carbocycles. The molecule has 19 heavy (non-hydrogen) atoms. The van der Waals surface area contributed by atoms with Crippen LogP contribution < -0.4 is 10.2 Å². The van der Waals surface area contributed by atoms with Crippen molar-refractivity contribution < 1.29 is 9.90 Å². The smallest absolute Gasteiger partial charge is 0.250 e. The number of hydrogen-bond acceptors (Lipinski definition) is 3. The van der Waals surface area contributed by atoms with Gasteiger partial charge in [-0.1, -0.05) is 25.3 Å². The highest BCUT2D eigenvalue weighted by Gasteiger charge is 2.48. The van der Waals surface area contributed by atoms with Gasteiger partial charge in [0.1, 0.15) is 17.0 Å². The molecule has 0 atom stereocenters. The van der Waals surface area contributed by atoms with Crippen molar-refractivity contribution in [2.24, 2.45) is 0 Å². The fraction of sp³-hybridized carbons (Fsp3) is 0.533. The molecule has 0 unspecified atom stereocenters. The fourth-order valence-corrected chi connectivity index (χ4v) is 3.59. The van der Waals surface area contributed by atoms with Crippen molar-refractivity contribution >= 4 is 17.3 Å². The van der Waals surface area contributed by atoms with Gasteiger partial charge in [-0.15, -0.1) is 0 Å². The van der Waals surface area contributed by atoms with Gasteiger partial charge in [-0.05, 0) is 31.9 Å². The summed E-state index contributed by atoms with van der Waals surface area (Å²) in [5, 5.41) is 13.2. The van der Waals surface area contributed by atoms with Crippen LogP contribution in [0.15, 0.2) is 18.2 Å². The summed E-state index contributed by atoms with van der Waals surface area (Å²) in [6.45, 7) is 2.78. The lowest BCUT2D eigenvalue weighted by molar-refractivity contribution is -0.122. The molecule has 1 heterocycles. The first-order chi connectivity index (χ1) is 9.19. The van der Waals surface area contributed by atoms with E-state index in [1.807, 2.05) is 13.0 Å². The van der Waals surface area contributed by atoms with E-state index in [0.717, 1.165) is 43.6 Å². The maximum atomic E-state index is 12.6. The number of carbonyl (C=O) groups is 1. The number of nitrogens with zero attached hydrogens (tertiary/aromatic N) is 1. The number of anilines is 2. The Morgan fingerprint density at radius 2 is 2.05 bits per heavy atom. The zero-order valence-corrected chi connectivity index (χ0v) is 11.3. The molecule has 2 N–H and O–H groups in total. The molecular formula is C15H20N2O2. The highest BCUT2D eigenvalue weighted by atomic mass is 16.3. The number of phenolic OH excluding ortho intramolecular Hbond substituents is 1. The van der Waals surface area contributed by atoms with E-state index in [-0.39, 0.29) is 11.7 Å². The van der Waals surface area contributed by atoms with E-state index in [4.69, 9.17) is 0 Å². The van der Waals surface area contributed by atoms with Crippen molar-refractivity contribution in [1.82, 2.24) is 0 Å². The van der Waals surface area contributed by atoms with Gasteiger partial charge in [0.2, 0.25) is 5.91 Å². The predicted octanol–water partition coefficient (Wildman–Crippen LogP) is 2.87.